The average molecular weight is 172 g/mol. The molecule has 0 spiro atoms. The summed E-state index contributed by atoms with van der Waals surface area (Å²) >= 11 is 0. The smallest absolute Gasteiger partial charge is 0.196 e. The predicted molar refractivity (Wildman–Crippen MR) is 52.9 cm³/mol. The second kappa shape index (κ2) is 3.35. The van der Waals surface area contributed by atoms with Crippen LogP contribution in [-0.4, -0.2) is 0 Å². The first-order chi connectivity index (χ1) is 6.34. The van der Waals surface area contributed by atoms with Crippen molar-refractivity contribution in [1.82, 2.24) is 0 Å². The van der Waals surface area contributed by atoms with Crippen LogP contribution in [0.4, 0.5) is 11.6 Å². The van der Waals surface area contributed by atoms with Crippen LogP contribution in [0.15, 0.2) is 47.1 Å². The fourth-order valence-electron chi connectivity index (χ4n) is 1.08. The van der Waals surface area contributed by atoms with Gasteiger partial charge in [-0.1, -0.05) is 12.1 Å². The van der Waals surface area contributed by atoms with Crippen molar-refractivity contribution in [2.45, 2.75) is 0 Å². The third-order valence-electron chi connectivity index (χ3n) is 1.74. The molecule has 0 unspecified atom stereocenters. The van der Waals surface area contributed by atoms with Gasteiger partial charge in [-0.2, -0.15) is 0 Å². The first-order valence-electron chi connectivity index (χ1n) is 4.07. The van der Waals surface area contributed by atoms with Crippen molar-refractivity contribution >= 4 is 11.6 Å². The van der Waals surface area contributed by atoms with E-state index in [-0.39, 0.29) is 0 Å². The van der Waals surface area contributed by atoms with Gasteiger partial charge in [0.15, 0.2) is 5.88 Å². The number of anilines is 2. The molecule has 0 saturated carbocycles. The maximum absolute atomic E-state index is 5.14. The minimum atomic E-state index is 0.747. The van der Waals surface area contributed by atoms with E-state index in [1.165, 1.54) is 0 Å². The fraction of sp³-hybridized carbons (Fsp3) is 0. The molecule has 65 valence electrons. The van der Waals surface area contributed by atoms with E-state index in [2.05, 4.69) is 12.2 Å². The van der Waals surface area contributed by atoms with Crippen LogP contribution in [0, 0.1) is 6.92 Å². The van der Waals surface area contributed by atoms with Crippen molar-refractivity contribution in [1.29, 1.82) is 0 Å². The van der Waals surface area contributed by atoms with E-state index in [0.29, 0.717) is 0 Å². The zero-order valence-corrected chi connectivity index (χ0v) is 7.16. The Kier molecular flexibility index (Phi) is 2.04. The van der Waals surface area contributed by atoms with Gasteiger partial charge in [0.2, 0.25) is 0 Å². The molecule has 2 heteroatoms. The highest BCUT2D eigenvalue weighted by Gasteiger charge is 1.94. The van der Waals surface area contributed by atoms with Gasteiger partial charge in [0.05, 0.1) is 6.26 Å². The molecule has 2 rings (SSSR count). The molecule has 0 aliphatic carbocycles. The molecule has 13 heavy (non-hydrogen) atoms. The van der Waals surface area contributed by atoms with Gasteiger partial charge >= 0.3 is 0 Å². The minimum absolute atomic E-state index is 0.747. The Morgan fingerprint density at radius 1 is 1.08 bits per heavy atom. The molecule has 0 aliphatic rings. The lowest BCUT2D eigenvalue weighted by Gasteiger charge is -2.01. The third-order valence-corrected chi connectivity index (χ3v) is 1.74. The molecule has 1 aromatic heterocycles. The summed E-state index contributed by atoms with van der Waals surface area (Å²) in [7, 11) is 0. The van der Waals surface area contributed by atoms with E-state index in [4.69, 9.17) is 4.42 Å². The summed E-state index contributed by atoms with van der Waals surface area (Å²) in [6.07, 6.45) is 1.64. The third kappa shape index (κ3) is 1.90. The summed E-state index contributed by atoms with van der Waals surface area (Å²) in [5.74, 6) is 0.747. The molecule has 0 aliphatic heterocycles. The van der Waals surface area contributed by atoms with Crippen LogP contribution in [0.1, 0.15) is 5.56 Å². The molecule has 1 heterocycles. The molecule has 0 fully saturated rings. The topological polar surface area (TPSA) is 25.2 Å². The van der Waals surface area contributed by atoms with E-state index in [1.807, 2.05) is 36.4 Å². The number of rotatable bonds is 2. The second-order valence-corrected chi connectivity index (χ2v) is 2.80. The van der Waals surface area contributed by atoms with Crippen LogP contribution >= 0.6 is 0 Å². The summed E-state index contributed by atoms with van der Waals surface area (Å²) in [5, 5.41) is 3.12. The number of furan rings is 1. The summed E-state index contributed by atoms with van der Waals surface area (Å²) in [4.78, 5) is 0. The Bertz CT molecular complexity index is 361. The molecule has 0 saturated heterocycles. The molecular weight excluding hydrogens is 162 g/mol. The fourth-order valence-corrected chi connectivity index (χ4v) is 1.08. The number of hydrogen-bond acceptors (Lipinski definition) is 2. The SMILES string of the molecule is [CH2]c1ccc(Nc2ccco2)cc1. The van der Waals surface area contributed by atoms with E-state index < -0.39 is 0 Å². The number of nitrogens with one attached hydrogen (secondary N) is 1. The molecule has 0 bridgehead atoms. The summed E-state index contributed by atoms with van der Waals surface area (Å²) in [5.41, 5.74) is 2.01. The molecule has 1 aromatic carbocycles. The zero-order valence-electron chi connectivity index (χ0n) is 7.16. The maximum atomic E-state index is 5.14. The van der Waals surface area contributed by atoms with Crippen molar-refractivity contribution in [3.05, 3.63) is 55.1 Å². The van der Waals surface area contributed by atoms with Gasteiger partial charge in [0.1, 0.15) is 0 Å². The zero-order chi connectivity index (χ0) is 9.10. The normalized spacial score (nSPS) is 9.92. The molecule has 0 atom stereocenters. The van der Waals surface area contributed by atoms with Crippen molar-refractivity contribution in [2.75, 3.05) is 5.32 Å². The Morgan fingerprint density at radius 2 is 1.85 bits per heavy atom. The van der Waals surface area contributed by atoms with Crippen molar-refractivity contribution < 1.29 is 4.42 Å². The monoisotopic (exact) mass is 172 g/mol. The van der Waals surface area contributed by atoms with Gasteiger partial charge in [-0.05, 0) is 30.7 Å². The number of benzene rings is 1. The second-order valence-electron chi connectivity index (χ2n) is 2.80. The Hall–Kier alpha value is -1.70. The van der Waals surface area contributed by atoms with E-state index >= 15 is 0 Å². The van der Waals surface area contributed by atoms with Crippen LogP contribution in [-0.2, 0) is 0 Å². The first kappa shape index (κ1) is 7.92. The first-order valence-corrected chi connectivity index (χ1v) is 4.07. The van der Waals surface area contributed by atoms with Gasteiger partial charge in [0, 0.05) is 11.8 Å². The van der Waals surface area contributed by atoms with Crippen LogP contribution in [0.25, 0.3) is 0 Å². The number of hydrogen-bond donors (Lipinski definition) is 1. The van der Waals surface area contributed by atoms with E-state index in [0.717, 1.165) is 17.1 Å². The van der Waals surface area contributed by atoms with Crippen LogP contribution < -0.4 is 5.32 Å². The Labute approximate surface area is 77.2 Å². The summed E-state index contributed by atoms with van der Waals surface area (Å²) < 4.78 is 5.14. The molecule has 2 nitrogen and oxygen atoms in total. The van der Waals surface area contributed by atoms with Crippen LogP contribution in [0.3, 0.4) is 0 Å². The van der Waals surface area contributed by atoms with Gasteiger partial charge in [-0.3, -0.25) is 0 Å². The van der Waals surface area contributed by atoms with E-state index in [1.54, 1.807) is 6.26 Å². The Balaban J connectivity index is 2.15. The van der Waals surface area contributed by atoms with Gasteiger partial charge in [-0.15, -0.1) is 0 Å². The lowest BCUT2D eigenvalue weighted by Crippen LogP contribution is -1.86. The average Bonchev–Trinajstić information content (AvgIpc) is 2.62. The highest BCUT2D eigenvalue weighted by molar-refractivity contribution is 5.55. The summed E-state index contributed by atoms with van der Waals surface area (Å²) in [6, 6.07) is 11.5. The largest absolute Gasteiger partial charge is 0.449 e. The van der Waals surface area contributed by atoms with E-state index in [9.17, 15) is 0 Å². The molecule has 1 N–H and O–H groups in total. The lowest BCUT2D eigenvalue weighted by molar-refractivity contribution is 0.585. The highest BCUT2D eigenvalue weighted by Crippen LogP contribution is 2.16. The predicted octanol–water partition coefficient (Wildman–Crippen LogP) is 3.21. The minimum Gasteiger partial charge on any atom is -0.449 e. The standard InChI is InChI=1S/C11H10NO/c1-9-4-6-10(7-5-9)12-11-3-2-8-13-11/h2-8,12H,1H2. The molecule has 1 radical (unpaired) electrons. The molecular formula is C11H10NO. The quantitative estimate of drug-likeness (QED) is 0.752. The van der Waals surface area contributed by atoms with Gasteiger partial charge in [0.25, 0.3) is 0 Å². The van der Waals surface area contributed by atoms with Gasteiger partial charge in [-0.25, -0.2) is 0 Å². The van der Waals surface area contributed by atoms with Crippen molar-refractivity contribution in [3.8, 4) is 0 Å². The van der Waals surface area contributed by atoms with Gasteiger partial charge < -0.3 is 9.73 Å². The highest BCUT2D eigenvalue weighted by atomic mass is 16.3. The molecule has 0 amide bonds. The lowest BCUT2D eigenvalue weighted by atomic mass is 10.2. The molecule has 2 aromatic rings. The maximum Gasteiger partial charge on any atom is 0.196 e. The van der Waals surface area contributed by atoms with Crippen LogP contribution in [0.2, 0.25) is 0 Å². The van der Waals surface area contributed by atoms with Crippen molar-refractivity contribution in [2.24, 2.45) is 0 Å². The van der Waals surface area contributed by atoms with Crippen LogP contribution in [0.5, 0.6) is 0 Å². The van der Waals surface area contributed by atoms with Crippen molar-refractivity contribution in [3.63, 3.8) is 0 Å². The summed E-state index contributed by atoms with van der Waals surface area (Å²) in [6.45, 7) is 3.81. The Morgan fingerprint density at radius 3 is 2.46 bits per heavy atom.